The summed E-state index contributed by atoms with van der Waals surface area (Å²) in [5, 5.41) is 3.83. The summed E-state index contributed by atoms with van der Waals surface area (Å²) in [5.74, 6) is -0.348. The molecule has 0 saturated heterocycles. The fraction of sp³-hybridized carbons (Fsp3) is 0.250. The Hall–Kier alpha value is -1.14. The summed E-state index contributed by atoms with van der Waals surface area (Å²) in [6.45, 7) is 1.89. The fourth-order valence-corrected chi connectivity index (χ4v) is 3.41. The van der Waals surface area contributed by atoms with Gasteiger partial charge in [-0.25, -0.2) is 8.42 Å². The van der Waals surface area contributed by atoms with Crippen molar-refractivity contribution in [2.75, 3.05) is 5.75 Å². The Labute approximate surface area is 114 Å². The van der Waals surface area contributed by atoms with Gasteiger partial charge >= 0.3 is 0 Å². The second-order valence-electron chi connectivity index (χ2n) is 4.17. The van der Waals surface area contributed by atoms with Crippen LogP contribution >= 0.6 is 15.9 Å². The Morgan fingerprint density at radius 1 is 1.44 bits per heavy atom. The van der Waals surface area contributed by atoms with Crippen molar-refractivity contribution in [3.05, 3.63) is 45.3 Å². The lowest BCUT2D eigenvalue weighted by Crippen LogP contribution is -2.35. The number of amides is 1. The molecule has 4 nitrogen and oxygen atoms in total. The molecule has 0 fully saturated rings. The molecule has 0 aliphatic carbocycles. The quantitative estimate of drug-likeness (QED) is 0.899. The number of rotatable bonds is 2. The minimum atomic E-state index is -3.15. The molecular weight excluding hydrogens is 318 g/mol. The number of halogens is 1. The van der Waals surface area contributed by atoms with Gasteiger partial charge in [0.05, 0.1) is 17.4 Å². The number of carbonyl (C=O) groups excluding carboxylic acids is 1. The number of carbonyl (C=O) groups is 1. The van der Waals surface area contributed by atoms with Gasteiger partial charge in [0.2, 0.25) is 0 Å². The van der Waals surface area contributed by atoms with Crippen LogP contribution in [0.3, 0.4) is 0 Å². The Morgan fingerprint density at radius 3 is 2.78 bits per heavy atom. The van der Waals surface area contributed by atoms with E-state index in [-0.39, 0.29) is 11.7 Å². The van der Waals surface area contributed by atoms with Crippen molar-refractivity contribution < 1.29 is 13.2 Å². The van der Waals surface area contributed by atoms with E-state index in [1.807, 2.05) is 13.0 Å². The normalized spacial score (nSPS) is 20.9. The average molecular weight is 330 g/mol. The van der Waals surface area contributed by atoms with Crippen LogP contribution in [0, 0.1) is 6.92 Å². The number of sulfone groups is 1. The summed E-state index contributed by atoms with van der Waals surface area (Å²) >= 11 is 3.36. The predicted octanol–water partition coefficient (Wildman–Crippen LogP) is 1.80. The molecule has 1 atom stereocenters. The molecule has 1 aliphatic heterocycles. The van der Waals surface area contributed by atoms with E-state index in [2.05, 4.69) is 21.2 Å². The topological polar surface area (TPSA) is 63.2 Å². The van der Waals surface area contributed by atoms with Crippen molar-refractivity contribution in [2.24, 2.45) is 0 Å². The molecule has 1 aromatic carbocycles. The second-order valence-corrected chi connectivity index (χ2v) is 6.90. The molecule has 1 amide bonds. The zero-order valence-corrected chi connectivity index (χ0v) is 12.1. The number of hydrogen-bond acceptors (Lipinski definition) is 3. The van der Waals surface area contributed by atoms with Gasteiger partial charge in [0, 0.05) is 9.88 Å². The fourth-order valence-electron chi connectivity index (χ4n) is 1.73. The molecule has 1 aromatic rings. The maximum Gasteiger partial charge on any atom is 0.252 e. The van der Waals surface area contributed by atoms with E-state index in [1.54, 1.807) is 12.1 Å². The van der Waals surface area contributed by atoms with Gasteiger partial charge in [-0.1, -0.05) is 12.1 Å². The number of benzene rings is 1. The van der Waals surface area contributed by atoms with E-state index < -0.39 is 15.9 Å². The van der Waals surface area contributed by atoms with Crippen molar-refractivity contribution in [2.45, 2.75) is 13.0 Å². The predicted molar refractivity (Wildman–Crippen MR) is 73.1 cm³/mol. The minimum Gasteiger partial charge on any atom is -0.345 e. The summed E-state index contributed by atoms with van der Waals surface area (Å²) in [6, 6.07) is 4.92. The van der Waals surface area contributed by atoms with Gasteiger partial charge in [-0.2, -0.15) is 0 Å². The highest BCUT2D eigenvalue weighted by atomic mass is 79.9. The van der Waals surface area contributed by atoms with E-state index in [1.165, 1.54) is 6.08 Å². The Kier molecular flexibility index (Phi) is 3.59. The first-order valence-electron chi connectivity index (χ1n) is 5.36. The molecule has 0 radical (unpaired) electrons. The molecule has 1 aliphatic rings. The zero-order valence-electron chi connectivity index (χ0n) is 9.68. The summed E-state index contributed by atoms with van der Waals surface area (Å²) < 4.78 is 23.2. The lowest BCUT2D eigenvalue weighted by molar-refractivity contribution is 0.0947. The van der Waals surface area contributed by atoms with Crippen molar-refractivity contribution in [1.82, 2.24) is 5.32 Å². The minimum absolute atomic E-state index is 0.0673. The lowest BCUT2D eigenvalue weighted by Gasteiger charge is -2.11. The number of hydrogen-bond donors (Lipinski definition) is 1. The molecule has 0 bridgehead atoms. The van der Waals surface area contributed by atoms with Crippen LogP contribution in [0.2, 0.25) is 0 Å². The van der Waals surface area contributed by atoms with Crippen LogP contribution in [-0.2, 0) is 9.84 Å². The zero-order chi connectivity index (χ0) is 13.3. The molecule has 1 N–H and O–H groups in total. The molecule has 0 spiro atoms. The molecular formula is C12H12BrNO3S. The van der Waals surface area contributed by atoms with E-state index in [9.17, 15) is 13.2 Å². The van der Waals surface area contributed by atoms with Crippen LogP contribution in [0.15, 0.2) is 34.2 Å². The van der Waals surface area contributed by atoms with Crippen molar-refractivity contribution in [3.8, 4) is 0 Å². The first-order valence-corrected chi connectivity index (χ1v) is 7.87. The third-order valence-electron chi connectivity index (χ3n) is 2.68. The number of aryl methyl sites for hydroxylation is 1. The summed E-state index contributed by atoms with van der Waals surface area (Å²) in [6.07, 6.45) is 1.50. The smallest absolute Gasteiger partial charge is 0.252 e. The van der Waals surface area contributed by atoms with Crippen LogP contribution in [0.4, 0.5) is 0 Å². The van der Waals surface area contributed by atoms with Gasteiger partial charge in [-0.15, -0.1) is 0 Å². The first-order chi connectivity index (χ1) is 8.39. The Morgan fingerprint density at radius 2 is 2.17 bits per heavy atom. The van der Waals surface area contributed by atoms with E-state index in [4.69, 9.17) is 0 Å². The van der Waals surface area contributed by atoms with Gasteiger partial charge in [0.25, 0.3) is 5.91 Å². The third-order valence-corrected chi connectivity index (χ3v) is 5.13. The maximum atomic E-state index is 12.0. The molecule has 18 heavy (non-hydrogen) atoms. The molecule has 96 valence electrons. The number of nitrogens with one attached hydrogen (secondary N) is 1. The summed E-state index contributed by atoms with van der Waals surface area (Å²) in [5.41, 5.74) is 1.46. The molecule has 1 heterocycles. The molecule has 0 saturated carbocycles. The standard InChI is InChI=1S/C12H12BrNO3S/c1-8-3-2-4-10(11(8)13)12(15)14-9-5-6-18(16,17)7-9/h2-6,9H,7H2,1H3,(H,14,15). The lowest BCUT2D eigenvalue weighted by atomic mass is 10.1. The van der Waals surface area contributed by atoms with Crippen LogP contribution in [0.5, 0.6) is 0 Å². The second kappa shape index (κ2) is 4.85. The molecule has 1 unspecified atom stereocenters. The Balaban J connectivity index is 2.14. The van der Waals surface area contributed by atoms with Gasteiger partial charge in [-0.3, -0.25) is 4.79 Å². The van der Waals surface area contributed by atoms with Crippen LogP contribution in [0.25, 0.3) is 0 Å². The van der Waals surface area contributed by atoms with Crippen molar-refractivity contribution >= 4 is 31.7 Å². The van der Waals surface area contributed by atoms with E-state index in [0.29, 0.717) is 5.56 Å². The van der Waals surface area contributed by atoms with Gasteiger partial charge < -0.3 is 5.32 Å². The van der Waals surface area contributed by atoms with Gasteiger partial charge in [0.1, 0.15) is 0 Å². The highest BCUT2D eigenvalue weighted by Crippen LogP contribution is 2.21. The Bertz CT molecular complexity index is 622. The maximum absolute atomic E-state index is 12.0. The average Bonchev–Trinajstić information content (AvgIpc) is 2.62. The highest BCUT2D eigenvalue weighted by molar-refractivity contribution is 9.10. The van der Waals surface area contributed by atoms with Crippen LogP contribution in [0.1, 0.15) is 15.9 Å². The monoisotopic (exact) mass is 329 g/mol. The third kappa shape index (κ3) is 2.81. The molecule has 6 heteroatoms. The molecule has 2 rings (SSSR count). The largest absolute Gasteiger partial charge is 0.345 e. The first kappa shape index (κ1) is 13.3. The summed E-state index contributed by atoms with van der Waals surface area (Å²) in [4.78, 5) is 12.0. The van der Waals surface area contributed by atoms with Gasteiger partial charge in [0.15, 0.2) is 9.84 Å². The van der Waals surface area contributed by atoms with Crippen molar-refractivity contribution in [1.29, 1.82) is 0 Å². The van der Waals surface area contributed by atoms with E-state index >= 15 is 0 Å². The van der Waals surface area contributed by atoms with Crippen LogP contribution < -0.4 is 5.32 Å². The van der Waals surface area contributed by atoms with Crippen molar-refractivity contribution in [3.63, 3.8) is 0 Å². The van der Waals surface area contributed by atoms with Gasteiger partial charge in [-0.05, 0) is 40.6 Å². The van der Waals surface area contributed by atoms with E-state index in [0.717, 1.165) is 15.4 Å². The SMILES string of the molecule is Cc1cccc(C(=O)NC2C=CS(=O)(=O)C2)c1Br. The summed E-state index contributed by atoms with van der Waals surface area (Å²) in [7, 11) is -3.15. The molecule has 0 aromatic heterocycles. The van der Waals surface area contributed by atoms with Crippen LogP contribution in [-0.4, -0.2) is 26.1 Å². The highest BCUT2D eigenvalue weighted by Gasteiger charge is 2.24.